The van der Waals surface area contributed by atoms with Gasteiger partial charge in [-0.05, 0) is 19.1 Å². The van der Waals surface area contributed by atoms with Crippen molar-refractivity contribution in [3.63, 3.8) is 0 Å². The van der Waals surface area contributed by atoms with Gasteiger partial charge in [0.15, 0.2) is 16.6 Å². The lowest BCUT2D eigenvalue weighted by atomic mass is 10.1. The molecule has 0 aliphatic carbocycles. The fraction of sp³-hybridized carbons (Fsp3) is 0.250. The lowest BCUT2D eigenvalue weighted by Gasteiger charge is -2.16. The minimum atomic E-state index is -2.75. The molecule has 31 heavy (non-hydrogen) atoms. The van der Waals surface area contributed by atoms with Crippen LogP contribution in [0.25, 0.3) is 0 Å². The maximum atomic E-state index is 12.6. The molecule has 0 spiro atoms. The summed E-state index contributed by atoms with van der Waals surface area (Å²) in [6.45, 7) is -1.04. The minimum absolute atomic E-state index is 0.0258. The summed E-state index contributed by atoms with van der Waals surface area (Å²) in [5.74, 6) is 2.54. The molecular weight excluding hydrogens is 426 g/mol. The number of ether oxygens (including phenoxy) is 2. The molecule has 0 atom stereocenters. The highest BCUT2D eigenvalue weighted by Gasteiger charge is 2.19. The van der Waals surface area contributed by atoms with Crippen LogP contribution in [-0.4, -0.2) is 55.2 Å². The quantitative estimate of drug-likeness (QED) is 0.330. The SMILES string of the molecule is [2H]C([2H])([2H])NC(=O)c1nnc(Cl)cc1Nc1cccc(C(=O)NCC#CC(=O)OCC)c1OC. The van der Waals surface area contributed by atoms with Gasteiger partial charge < -0.3 is 25.4 Å². The molecule has 11 heteroatoms. The largest absolute Gasteiger partial charge is 0.494 e. The molecule has 0 fully saturated rings. The third-order valence-corrected chi connectivity index (χ3v) is 3.81. The molecule has 0 saturated heterocycles. The van der Waals surface area contributed by atoms with E-state index in [0.717, 1.165) is 0 Å². The Labute approximate surface area is 187 Å². The van der Waals surface area contributed by atoms with E-state index in [1.807, 2.05) is 5.32 Å². The Kier molecular flexibility index (Phi) is 7.02. The van der Waals surface area contributed by atoms with E-state index in [0.29, 0.717) is 0 Å². The van der Waals surface area contributed by atoms with Crippen LogP contribution in [0.2, 0.25) is 5.15 Å². The number of hydrogen-bond acceptors (Lipinski definition) is 8. The summed E-state index contributed by atoms with van der Waals surface area (Å²) in [6, 6.07) is 5.84. The average molecular weight is 449 g/mol. The number of anilines is 2. The normalized spacial score (nSPS) is 11.5. The van der Waals surface area contributed by atoms with E-state index in [1.165, 1.54) is 19.2 Å². The number of hydrogen-bond donors (Lipinski definition) is 3. The third-order valence-electron chi connectivity index (χ3n) is 3.63. The van der Waals surface area contributed by atoms with Gasteiger partial charge in [-0.1, -0.05) is 23.6 Å². The van der Waals surface area contributed by atoms with Crippen LogP contribution in [0, 0.1) is 11.8 Å². The van der Waals surface area contributed by atoms with Gasteiger partial charge in [0.1, 0.15) is 0 Å². The van der Waals surface area contributed by atoms with Crippen molar-refractivity contribution in [3.05, 3.63) is 40.7 Å². The number of benzene rings is 1. The van der Waals surface area contributed by atoms with Crippen molar-refractivity contribution in [2.75, 3.05) is 32.6 Å². The Balaban J connectivity index is 2.29. The van der Waals surface area contributed by atoms with Crippen LogP contribution in [-0.2, 0) is 9.53 Å². The maximum Gasteiger partial charge on any atom is 0.384 e. The van der Waals surface area contributed by atoms with Gasteiger partial charge in [0.05, 0.1) is 37.2 Å². The van der Waals surface area contributed by atoms with E-state index in [4.69, 9.17) is 20.5 Å². The molecule has 1 aromatic carbocycles. The number of carbonyl (C=O) groups is 3. The molecule has 0 aliphatic heterocycles. The average Bonchev–Trinajstić information content (AvgIpc) is 2.75. The fourth-order valence-corrected chi connectivity index (χ4v) is 2.52. The second-order valence-corrected chi connectivity index (χ2v) is 5.99. The van der Waals surface area contributed by atoms with Crippen LogP contribution in [0.4, 0.5) is 11.4 Å². The maximum absolute atomic E-state index is 12.6. The number of methoxy groups -OCH3 is 1. The number of amides is 2. The van der Waals surface area contributed by atoms with Crippen molar-refractivity contribution in [1.82, 2.24) is 20.8 Å². The van der Waals surface area contributed by atoms with Crippen LogP contribution >= 0.6 is 11.6 Å². The van der Waals surface area contributed by atoms with Gasteiger partial charge in [-0.15, -0.1) is 10.2 Å². The third kappa shape index (κ3) is 6.32. The van der Waals surface area contributed by atoms with Crippen LogP contribution < -0.4 is 20.7 Å². The molecule has 0 unspecified atom stereocenters. The zero-order valence-electron chi connectivity index (χ0n) is 19.5. The number of halogens is 1. The minimum Gasteiger partial charge on any atom is -0.494 e. The van der Waals surface area contributed by atoms with E-state index >= 15 is 0 Å². The molecule has 10 nitrogen and oxygen atoms in total. The number of esters is 1. The van der Waals surface area contributed by atoms with Gasteiger partial charge >= 0.3 is 5.97 Å². The standard InChI is InChI=1S/C20H20ClN5O5/c1-4-31-16(27)9-6-10-23-19(28)12-7-5-8-13(18(12)30-3)24-14-11-15(21)25-26-17(14)20(29)22-2/h5,7-8,11H,4,10H2,1-3H3,(H,22,29)(H,23,28)(H,24,25)/i2D3. The number of nitrogens with zero attached hydrogens (tertiary/aromatic N) is 2. The molecule has 1 heterocycles. The first-order valence-corrected chi connectivity index (χ1v) is 9.17. The Morgan fingerprint density at radius 3 is 2.74 bits per heavy atom. The second kappa shape index (κ2) is 11.4. The Bertz CT molecular complexity index is 1150. The number of aromatic nitrogens is 2. The van der Waals surface area contributed by atoms with Gasteiger partial charge in [0.2, 0.25) is 0 Å². The van der Waals surface area contributed by atoms with Crippen LogP contribution in [0.3, 0.4) is 0 Å². The van der Waals surface area contributed by atoms with Gasteiger partial charge in [-0.3, -0.25) is 9.59 Å². The van der Waals surface area contributed by atoms with Crippen LogP contribution in [0.5, 0.6) is 5.75 Å². The Morgan fingerprint density at radius 2 is 2.03 bits per heavy atom. The lowest BCUT2D eigenvalue weighted by molar-refractivity contribution is -0.136. The van der Waals surface area contributed by atoms with Gasteiger partial charge in [0, 0.05) is 23.1 Å². The first-order valence-electron chi connectivity index (χ1n) is 10.3. The van der Waals surface area contributed by atoms with Crippen molar-refractivity contribution >= 4 is 40.8 Å². The Morgan fingerprint density at radius 1 is 1.23 bits per heavy atom. The van der Waals surface area contributed by atoms with E-state index in [-0.39, 0.29) is 46.7 Å². The molecule has 2 aromatic rings. The number of carbonyl (C=O) groups excluding carboxylic acids is 3. The van der Waals surface area contributed by atoms with Crippen LogP contribution in [0.15, 0.2) is 24.3 Å². The van der Waals surface area contributed by atoms with Crippen molar-refractivity contribution < 1.29 is 28.0 Å². The number of rotatable bonds is 7. The molecule has 0 aliphatic rings. The predicted molar refractivity (Wildman–Crippen MR) is 113 cm³/mol. The molecule has 1 aromatic heterocycles. The molecule has 162 valence electrons. The number of nitrogens with one attached hydrogen (secondary N) is 3. The molecular formula is C20H20ClN5O5. The Hall–Kier alpha value is -3.84. The molecule has 0 radical (unpaired) electrons. The molecule has 2 rings (SSSR count). The van der Waals surface area contributed by atoms with Crippen molar-refractivity contribution in [2.24, 2.45) is 0 Å². The van der Waals surface area contributed by atoms with E-state index in [9.17, 15) is 14.4 Å². The molecule has 0 saturated carbocycles. The van der Waals surface area contributed by atoms with E-state index in [2.05, 4.69) is 37.4 Å². The summed E-state index contributed by atoms with van der Waals surface area (Å²) < 4.78 is 31.7. The summed E-state index contributed by atoms with van der Waals surface area (Å²) in [6.07, 6.45) is 0. The van der Waals surface area contributed by atoms with Crippen molar-refractivity contribution in [1.29, 1.82) is 0 Å². The first kappa shape index (κ1) is 19.1. The number of para-hydroxylation sites is 1. The smallest absolute Gasteiger partial charge is 0.384 e. The summed E-state index contributed by atoms with van der Waals surface area (Å²) in [4.78, 5) is 36.2. The van der Waals surface area contributed by atoms with Gasteiger partial charge in [-0.25, -0.2) is 4.79 Å². The van der Waals surface area contributed by atoms with Crippen molar-refractivity contribution in [3.8, 4) is 17.6 Å². The summed E-state index contributed by atoms with van der Waals surface area (Å²) >= 11 is 5.89. The zero-order valence-corrected chi connectivity index (χ0v) is 17.3. The summed E-state index contributed by atoms with van der Waals surface area (Å²) in [7, 11) is 1.33. The lowest BCUT2D eigenvalue weighted by Crippen LogP contribution is -2.24. The van der Waals surface area contributed by atoms with Gasteiger partial charge in [0.25, 0.3) is 11.8 Å². The summed E-state index contributed by atoms with van der Waals surface area (Å²) in [5, 5.41) is 14.4. The predicted octanol–water partition coefficient (Wildman–Crippen LogP) is 1.54. The molecule has 3 N–H and O–H groups in total. The van der Waals surface area contributed by atoms with Gasteiger partial charge in [-0.2, -0.15) is 0 Å². The summed E-state index contributed by atoms with van der Waals surface area (Å²) in [5.41, 5.74) is 0.0522. The highest BCUT2D eigenvalue weighted by atomic mass is 35.5. The fourth-order valence-electron chi connectivity index (χ4n) is 2.37. The molecule has 0 bridgehead atoms. The highest BCUT2D eigenvalue weighted by molar-refractivity contribution is 6.29. The monoisotopic (exact) mass is 448 g/mol. The van der Waals surface area contributed by atoms with E-state index < -0.39 is 24.8 Å². The van der Waals surface area contributed by atoms with Crippen molar-refractivity contribution in [2.45, 2.75) is 6.92 Å². The van der Waals surface area contributed by atoms with E-state index in [1.54, 1.807) is 19.1 Å². The first-order chi connectivity index (χ1) is 16.1. The zero-order chi connectivity index (χ0) is 25.3. The van der Waals surface area contributed by atoms with Crippen LogP contribution in [0.1, 0.15) is 31.9 Å². The molecule has 2 amide bonds. The highest BCUT2D eigenvalue weighted by Crippen LogP contribution is 2.32. The second-order valence-electron chi connectivity index (χ2n) is 5.60. The topological polar surface area (TPSA) is 132 Å².